The zero-order chi connectivity index (χ0) is 9.68. The Morgan fingerprint density at radius 3 is 3.00 bits per heavy atom. The molecule has 7 nitrogen and oxygen atoms in total. The van der Waals surface area contributed by atoms with Crippen LogP contribution in [0.3, 0.4) is 0 Å². The molecule has 0 aromatic carbocycles. The average Bonchev–Trinajstić information content (AvgIpc) is 2.66. The molecule has 0 fully saturated rings. The largest absolute Gasteiger partial charge is 0.394 e. The number of amides is 1. The van der Waals surface area contributed by atoms with Gasteiger partial charge < -0.3 is 10.4 Å². The van der Waals surface area contributed by atoms with E-state index < -0.39 is 5.91 Å². The minimum atomic E-state index is -0.436. The summed E-state index contributed by atoms with van der Waals surface area (Å²) >= 11 is 0. The van der Waals surface area contributed by atoms with Crippen LogP contribution in [0.25, 0.3) is 0 Å². The van der Waals surface area contributed by atoms with Gasteiger partial charge in [-0.05, 0) is 11.6 Å². The maximum atomic E-state index is 11.2. The smallest absolute Gasteiger partial charge is 0.293 e. The molecule has 0 radical (unpaired) electrons. The van der Waals surface area contributed by atoms with Crippen LogP contribution in [0.1, 0.15) is 24.0 Å². The lowest BCUT2D eigenvalue weighted by Crippen LogP contribution is -2.37. The number of carbonyl (C=O) groups excluding carboxylic acids is 1. The van der Waals surface area contributed by atoms with Gasteiger partial charge in [-0.3, -0.25) is 4.79 Å². The number of tetrazole rings is 1. The van der Waals surface area contributed by atoms with Gasteiger partial charge in [-0.1, -0.05) is 6.92 Å². The van der Waals surface area contributed by atoms with E-state index in [9.17, 15) is 4.79 Å². The Hall–Kier alpha value is -1.50. The zero-order valence-electron chi connectivity index (χ0n) is 7.19. The summed E-state index contributed by atoms with van der Waals surface area (Å²) in [6.45, 7) is 1.76. The Bertz CT molecular complexity index is 256. The number of carbonyl (C=O) groups is 1. The van der Waals surface area contributed by atoms with E-state index in [4.69, 9.17) is 5.11 Å². The van der Waals surface area contributed by atoms with E-state index in [1.165, 1.54) is 0 Å². The van der Waals surface area contributed by atoms with E-state index in [-0.39, 0.29) is 18.5 Å². The van der Waals surface area contributed by atoms with E-state index in [1.54, 1.807) is 0 Å². The van der Waals surface area contributed by atoms with Gasteiger partial charge in [-0.2, -0.15) is 5.21 Å². The second-order valence-corrected chi connectivity index (χ2v) is 2.50. The van der Waals surface area contributed by atoms with Crippen molar-refractivity contribution in [1.82, 2.24) is 25.9 Å². The van der Waals surface area contributed by atoms with Crippen LogP contribution in [0, 0.1) is 0 Å². The first-order valence-corrected chi connectivity index (χ1v) is 3.93. The molecule has 7 heteroatoms. The van der Waals surface area contributed by atoms with Gasteiger partial charge in [-0.15, -0.1) is 10.2 Å². The summed E-state index contributed by atoms with van der Waals surface area (Å²) in [7, 11) is 0. The summed E-state index contributed by atoms with van der Waals surface area (Å²) in [4.78, 5) is 11.2. The fourth-order valence-electron chi connectivity index (χ4n) is 0.785. The molecule has 0 aliphatic carbocycles. The number of aliphatic hydroxyl groups is 1. The number of aliphatic hydroxyl groups excluding tert-OH is 1. The first-order valence-electron chi connectivity index (χ1n) is 3.93. The van der Waals surface area contributed by atoms with Crippen LogP contribution in [-0.4, -0.2) is 44.3 Å². The molecule has 72 valence electrons. The lowest BCUT2D eigenvalue weighted by atomic mass is 10.2. The molecular formula is C6H11N5O2. The van der Waals surface area contributed by atoms with Crippen molar-refractivity contribution < 1.29 is 9.90 Å². The summed E-state index contributed by atoms with van der Waals surface area (Å²) in [5, 5.41) is 23.7. The molecule has 0 aliphatic heterocycles. The number of aromatic nitrogens is 4. The van der Waals surface area contributed by atoms with Gasteiger partial charge in [0.05, 0.1) is 12.6 Å². The summed E-state index contributed by atoms with van der Waals surface area (Å²) < 4.78 is 0. The van der Waals surface area contributed by atoms with E-state index in [1.807, 2.05) is 6.92 Å². The minimum Gasteiger partial charge on any atom is -0.394 e. The third-order valence-corrected chi connectivity index (χ3v) is 1.60. The van der Waals surface area contributed by atoms with Crippen LogP contribution in [0.4, 0.5) is 0 Å². The first-order chi connectivity index (χ1) is 6.27. The van der Waals surface area contributed by atoms with Crippen LogP contribution < -0.4 is 5.32 Å². The monoisotopic (exact) mass is 185 g/mol. The Labute approximate surface area is 74.5 Å². The second-order valence-electron chi connectivity index (χ2n) is 2.50. The molecule has 1 aromatic heterocycles. The number of rotatable bonds is 4. The highest BCUT2D eigenvalue weighted by Gasteiger charge is 2.14. The van der Waals surface area contributed by atoms with Crippen molar-refractivity contribution in [2.75, 3.05) is 6.61 Å². The molecule has 0 unspecified atom stereocenters. The van der Waals surface area contributed by atoms with Crippen molar-refractivity contribution >= 4 is 5.91 Å². The molecule has 0 saturated heterocycles. The number of hydrogen-bond donors (Lipinski definition) is 3. The first kappa shape index (κ1) is 9.59. The molecule has 3 N–H and O–H groups in total. The van der Waals surface area contributed by atoms with Gasteiger partial charge in [0.2, 0.25) is 0 Å². The summed E-state index contributed by atoms with van der Waals surface area (Å²) in [5.41, 5.74) is 0. The van der Waals surface area contributed by atoms with Crippen LogP contribution in [0.5, 0.6) is 0 Å². The normalized spacial score (nSPS) is 12.5. The SMILES string of the molecule is CC[C@H](CO)NC(=O)c1nn[nH]n1. The molecule has 1 heterocycles. The number of hydrogen-bond acceptors (Lipinski definition) is 5. The number of H-pyrrole nitrogens is 1. The van der Waals surface area contributed by atoms with Crippen molar-refractivity contribution in [3.05, 3.63) is 5.82 Å². The number of nitrogens with zero attached hydrogens (tertiary/aromatic N) is 3. The standard InChI is InChI=1S/C6H11N5O2/c1-2-4(3-12)7-6(13)5-8-10-11-9-5/h4,12H,2-3H2,1H3,(H,7,13)(H,8,9,10,11)/t4-/m1/s1. The van der Waals surface area contributed by atoms with E-state index in [0.29, 0.717) is 6.42 Å². The second kappa shape index (κ2) is 4.51. The summed E-state index contributed by atoms with van der Waals surface area (Å²) in [6.07, 6.45) is 0.653. The number of aromatic amines is 1. The average molecular weight is 185 g/mol. The molecule has 0 saturated carbocycles. The van der Waals surface area contributed by atoms with Gasteiger partial charge in [-0.25, -0.2) is 0 Å². The molecule has 0 spiro atoms. The molecule has 0 bridgehead atoms. The zero-order valence-corrected chi connectivity index (χ0v) is 7.19. The Kier molecular flexibility index (Phi) is 3.32. The lowest BCUT2D eigenvalue weighted by molar-refractivity contribution is 0.0904. The van der Waals surface area contributed by atoms with Gasteiger partial charge in [0.1, 0.15) is 0 Å². The predicted molar refractivity (Wildman–Crippen MR) is 42.8 cm³/mol. The van der Waals surface area contributed by atoms with Crippen molar-refractivity contribution in [3.63, 3.8) is 0 Å². The van der Waals surface area contributed by atoms with Gasteiger partial charge in [0, 0.05) is 0 Å². The topological polar surface area (TPSA) is 104 Å². The van der Waals surface area contributed by atoms with E-state index in [0.717, 1.165) is 0 Å². The Balaban J connectivity index is 2.50. The molecule has 13 heavy (non-hydrogen) atoms. The lowest BCUT2D eigenvalue weighted by Gasteiger charge is -2.11. The maximum Gasteiger partial charge on any atom is 0.293 e. The quantitative estimate of drug-likeness (QED) is 0.541. The third kappa shape index (κ3) is 2.48. The highest BCUT2D eigenvalue weighted by atomic mass is 16.3. The van der Waals surface area contributed by atoms with Crippen molar-refractivity contribution in [2.45, 2.75) is 19.4 Å². The van der Waals surface area contributed by atoms with Crippen LogP contribution in [0.15, 0.2) is 0 Å². The third-order valence-electron chi connectivity index (χ3n) is 1.60. The van der Waals surface area contributed by atoms with Gasteiger partial charge >= 0.3 is 0 Å². The van der Waals surface area contributed by atoms with Crippen LogP contribution in [0.2, 0.25) is 0 Å². The molecule has 1 rings (SSSR count). The predicted octanol–water partition coefficient (Wildman–Crippen LogP) is -1.30. The summed E-state index contributed by atoms with van der Waals surface area (Å²) in [6, 6.07) is -0.258. The van der Waals surface area contributed by atoms with Crippen molar-refractivity contribution in [1.29, 1.82) is 0 Å². The van der Waals surface area contributed by atoms with Gasteiger partial charge in [0.25, 0.3) is 11.7 Å². The van der Waals surface area contributed by atoms with E-state index >= 15 is 0 Å². The minimum absolute atomic E-state index is 0.0214. The fourth-order valence-corrected chi connectivity index (χ4v) is 0.785. The highest BCUT2D eigenvalue weighted by Crippen LogP contribution is 1.91. The van der Waals surface area contributed by atoms with Gasteiger partial charge in [0.15, 0.2) is 0 Å². The highest BCUT2D eigenvalue weighted by molar-refractivity contribution is 5.90. The molecule has 1 aromatic rings. The van der Waals surface area contributed by atoms with Crippen LogP contribution in [-0.2, 0) is 0 Å². The fraction of sp³-hybridized carbons (Fsp3) is 0.667. The van der Waals surface area contributed by atoms with Crippen LogP contribution >= 0.6 is 0 Å². The molecule has 1 amide bonds. The maximum absolute atomic E-state index is 11.2. The van der Waals surface area contributed by atoms with Crippen molar-refractivity contribution in [2.24, 2.45) is 0 Å². The van der Waals surface area contributed by atoms with E-state index in [2.05, 4.69) is 25.9 Å². The molecule has 0 aliphatic rings. The Morgan fingerprint density at radius 1 is 1.77 bits per heavy atom. The summed E-state index contributed by atoms with van der Waals surface area (Å²) in [5.74, 6) is -0.457. The molecule has 1 atom stereocenters. The molecular weight excluding hydrogens is 174 g/mol. The number of nitrogens with one attached hydrogen (secondary N) is 2. The Morgan fingerprint density at radius 2 is 2.54 bits per heavy atom. The van der Waals surface area contributed by atoms with Crippen molar-refractivity contribution in [3.8, 4) is 0 Å².